The van der Waals surface area contributed by atoms with E-state index in [0.717, 1.165) is 26.3 Å². The molecule has 3 aliphatic rings. The Morgan fingerprint density at radius 3 is 2.94 bits per heavy atom. The van der Waals surface area contributed by atoms with Gasteiger partial charge < -0.3 is 5.32 Å². The van der Waals surface area contributed by atoms with Gasteiger partial charge in [-0.2, -0.15) is 0 Å². The maximum absolute atomic E-state index is 4.33. The van der Waals surface area contributed by atoms with Gasteiger partial charge in [0, 0.05) is 26.3 Å². The monoisotopic (exact) mass is 223 g/mol. The molecule has 0 aromatic carbocycles. The summed E-state index contributed by atoms with van der Waals surface area (Å²) in [5.41, 5.74) is 0. The second-order valence-corrected chi connectivity index (χ2v) is 4.79. The van der Waals surface area contributed by atoms with E-state index < -0.39 is 0 Å². The Labute approximate surface area is 97.1 Å². The van der Waals surface area contributed by atoms with E-state index in [1.807, 2.05) is 6.34 Å². The van der Waals surface area contributed by atoms with Crippen LogP contribution in [-0.2, 0) is 0 Å². The van der Waals surface area contributed by atoms with Crippen molar-refractivity contribution in [3.8, 4) is 0 Å². The fourth-order valence-corrected chi connectivity index (χ4v) is 2.91. The zero-order valence-corrected chi connectivity index (χ0v) is 9.81. The molecule has 3 rings (SSSR count). The van der Waals surface area contributed by atoms with Crippen LogP contribution in [0.15, 0.2) is 4.99 Å². The molecule has 5 heteroatoms. The summed E-state index contributed by atoms with van der Waals surface area (Å²) in [4.78, 5) is 6.89. The highest BCUT2D eigenvalue weighted by atomic mass is 15.7. The molecule has 2 saturated heterocycles. The van der Waals surface area contributed by atoms with E-state index in [4.69, 9.17) is 0 Å². The maximum atomic E-state index is 4.33. The van der Waals surface area contributed by atoms with Crippen molar-refractivity contribution in [2.75, 3.05) is 39.4 Å². The van der Waals surface area contributed by atoms with Crippen molar-refractivity contribution in [2.24, 2.45) is 4.99 Å². The molecular formula is C11H21N5. The highest BCUT2D eigenvalue weighted by molar-refractivity contribution is 5.56. The van der Waals surface area contributed by atoms with Crippen LogP contribution < -0.4 is 5.32 Å². The van der Waals surface area contributed by atoms with Gasteiger partial charge >= 0.3 is 0 Å². The molecular weight excluding hydrogens is 202 g/mol. The van der Waals surface area contributed by atoms with E-state index in [1.54, 1.807) is 0 Å². The first-order valence-corrected chi connectivity index (χ1v) is 6.43. The molecule has 0 spiro atoms. The highest BCUT2D eigenvalue weighted by Crippen LogP contribution is 2.22. The molecule has 1 atom stereocenters. The van der Waals surface area contributed by atoms with Crippen molar-refractivity contribution in [1.82, 2.24) is 20.2 Å². The molecule has 5 nitrogen and oxygen atoms in total. The molecule has 3 heterocycles. The molecule has 0 saturated carbocycles. The van der Waals surface area contributed by atoms with Crippen LogP contribution in [-0.4, -0.2) is 66.8 Å². The number of piperidine rings is 1. The normalized spacial score (nSPS) is 32.8. The summed E-state index contributed by atoms with van der Waals surface area (Å²) in [6, 6.07) is 0. The van der Waals surface area contributed by atoms with Crippen LogP contribution in [0.5, 0.6) is 0 Å². The van der Waals surface area contributed by atoms with Crippen molar-refractivity contribution in [1.29, 1.82) is 0 Å². The van der Waals surface area contributed by atoms with Crippen molar-refractivity contribution >= 4 is 6.34 Å². The van der Waals surface area contributed by atoms with Crippen LogP contribution >= 0.6 is 0 Å². The maximum Gasteiger partial charge on any atom is 0.0996 e. The number of aliphatic imine (C=N–C) groups is 1. The first kappa shape index (κ1) is 10.5. The van der Waals surface area contributed by atoms with Gasteiger partial charge in [-0.05, 0) is 19.3 Å². The third-order valence-corrected chi connectivity index (χ3v) is 3.76. The molecule has 1 N–H and O–H groups in total. The van der Waals surface area contributed by atoms with E-state index in [9.17, 15) is 0 Å². The lowest BCUT2D eigenvalue weighted by atomic mass is 10.1. The summed E-state index contributed by atoms with van der Waals surface area (Å²) >= 11 is 0. The Balaban J connectivity index is 1.69. The lowest BCUT2D eigenvalue weighted by Gasteiger charge is -2.44. The number of hydrogen-bond donors (Lipinski definition) is 1. The van der Waals surface area contributed by atoms with Gasteiger partial charge in [0.2, 0.25) is 0 Å². The molecule has 16 heavy (non-hydrogen) atoms. The zero-order chi connectivity index (χ0) is 10.8. The van der Waals surface area contributed by atoms with Gasteiger partial charge in [-0.3, -0.25) is 14.9 Å². The van der Waals surface area contributed by atoms with E-state index >= 15 is 0 Å². The van der Waals surface area contributed by atoms with Gasteiger partial charge in [-0.25, -0.2) is 5.01 Å². The molecule has 0 radical (unpaired) electrons. The number of hydrogen-bond acceptors (Lipinski definition) is 5. The van der Waals surface area contributed by atoms with Crippen LogP contribution in [0, 0.1) is 0 Å². The van der Waals surface area contributed by atoms with Gasteiger partial charge in [-0.1, -0.05) is 0 Å². The molecule has 3 aliphatic heterocycles. The summed E-state index contributed by atoms with van der Waals surface area (Å²) in [5, 5.41) is 8.27. The van der Waals surface area contributed by atoms with Crippen LogP contribution in [0.3, 0.4) is 0 Å². The first-order chi connectivity index (χ1) is 7.95. The first-order valence-electron chi connectivity index (χ1n) is 6.43. The lowest BCUT2D eigenvalue weighted by molar-refractivity contribution is -0.0782. The Kier molecular flexibility index (Phi) is 3.08. The Morgan fingerprint density at radius 2 is 2.19 bits per heavy atom. The average Bonchev–Trinajstić information content (AvgIpc) is 3.03. The van der Waals surface area contributed by atoms with Crippen LogP contribution in [0.4, 0.5) is 0 Å². The van der Waals surface area contributed by atoms with Crippen molar-refractivity contribution in [3.05, 3.63) is 0 Å². The second kappa shape index (κ2) is 4.69. The van der Waals surface area contributed by atoms with Crippen LogP contribution in [0.2, 0.25) is 0 Å². The minimum absolute atomic E-state index is 0.591. The number of nitrogens with one attached hydrogen (secondary N) is 1. The smallest absolute Gasteiger partial charge is 0.0996 e. The number of nitrogens with zero attached hydrogens (tertiary/aromatic N) is 4. The summed E-state index contributed by atoms with van der Waals surface area (Å²) < 4.78 is 0. The highest BCUT2D eigenvalue weighted by Gasteiger charge is 2.32. The minimum atomic E-state index is 0.591. The van der Waals surface area contributed by atoms with E-state index in [1.165, 1.54) is 32.4 Å². The topological polar surface area (TPSA) is 34.1 Å². The van der Waals surface area contributed by atoms with Crippen molar-refractivity contribution < 1.29 is 0 Å². The van der Waals surface area contributed by atoms with Gasteiger partial charge in [0.25, 0.3) is 0 Å². The van der Waals surface area contributed by atoms with Gasteiger partial charge in [-0.15, -0.1) is 0 Å². The molecule has 2 fully saturated rings. The predicted octanol–water partition coefficient (Wildman–Crippen LogP) is -0.0800. The second-order valence-electron chi connectivity index (χ2n) is 4.79. The standard InChI is InChI=1S/C11H21N5/c1-2-6-16(15-8-5-13-10-15)11(3-1)14-7-4-12-9-14/h10-12H,1-9H2. The van der Waals surface area contributed by atoms with Gasteiger partial charge in [0.05, 0.1) is 25.6 Å². The van der Waals surface area contributed by atoms with Crippen LogP contribution in [0.25, 0.3) is 0 Å². The average molecular weight is 223 g/mol. The largest absolute Gasteiger partial charge is 0.303 e. The van der Waals surface area contributed by atoms with Crippen molar-refractivity contribution in [3.63, 3.8) is 0 Å². The summed E-state index contributed by atoms with van der Waals surface area (Å²) in [7, 11) is 0. The van der Waals surface area contributed by atoms with Gasteiger partial charge in [0.1, 0.15) is 0 Å². The van der Waals surface area contributed by atoms with E-state index in [0.29, 0.717) is 6.17 Å². The molecule has 0 aromatic heterocycles. The number of hydrazine groups is 1. The van der Waals surface area contributed by atoms with Crippen molar-refractivity contribution in [2.45, 2.75) is 25.4 Å². The Bertz CT molecular complexity index is 261. The molecule has 0 aromatic rings. The molecule has 0 aliphatic carbocycles. The molecule has 0 amide bonds. The zero-order valence-electron chi connectivity index (χ0n) is 9.81. The molecule has 90 valence electrons. The molecule has 1 unspecified atom stereocenters. The van der Waals surface area contributed by atoms with Crippen LogP contribution in [0.1, 0.15) is 19.3 Å². The number of rotatable bonds is 2. The SMILES string of the molecule is C1=NCCN1N1CCCCC1N1CCNC1. The fourth-order valence-electron chi connectivity index (χ4n) is 2.91. The van der Waals surface area contributed by atoms with E-state index in [2.05, 4.69) is 25.2 Å². The third kappa shape index (κ3) is 1.95. The third-order valence-electron chi connectivity index (χ3n) is 3.76. The quantitative estimate of drug-likeness (QED) is 0.710. The summed E-state index contributed by atoms with van der Waals surface area (Å²) in [6.07, 6.45) is 6.59. The Morgan fingerprint density at radius 1 is 1.19 bits per heavy atom. The minimum Gasteiger partial charge on any atom is -0.303 e. The van der Waals surface area contributed by atoms with Gasteiger partial charge in [0.15, 0.2) is 0 Å². The van der Waals surface area contributed by atoms with E-state index in [-0.39, 0.29) is 0 Å². The lowest BCUT2D eigenvalue weighted by Crippen LogP contribution is -2.56. The summed E-state index contributed by atoms with van der Waals surface area (Å²) in [5.74, 6) is 0. The fraction of sp³-hybridized carbons (Fsp3) is 0.909. The molecule has 0 bridgehead atoms. The summed E-state index contributed by atoms with van der Waals surface area (Å²) in [6.45, 7) is 6.59. The predicted molar refractivity (Wildman–Crippen MR) is 64.0 cm³/mol. The Hall–Kier alpha value is -0.650.